The van der Waals surface area contributed by atoms with Gasteiger partial charge in [0.05, 0.1) is 12.2 Å². The van der Waals surface area contributed by atoms with Crippen LogP contribution in [0.4, 0.5) is 4.39 Å². The van der Waals surface area contributed by atoms with Crippen molar-refractivity contribution in [1.82, 2.24) is 5.43 Å². The molecule has 130 valence electrons. The molecule has 2 aromatic rings. The Morgan fingerprint density at radius 2 is 1.80 bits per heavy atom. The molecule has 0 heterocycles. The average Bonchev–Trinajstić information content (AvgIpc) is 2.60. The third-order valence-corrected chi connectivity index (χ3v) is 2.84. The molecular formula is C17H14FN2O5-. The molecule has 7 nitrogen and oxygen atoms in total. The van der Waals surface area contributed by atoms with E-state index in [1.165, 1.54) is 30.5 Å². The van der Waals surface area contributed by atoms with Crippen LogP contribution in [0.15, 0.2) is 53.6 Å². The number of para-hydroxylation sites is 1. The highest BCUT2D eigenvalue weighted by Gasteiger charge is 2.03. The van der Waals surface area contributed by atoms with E-state index in [1.54, 1.807) is 24.3 Å². The maximum absolute atomic E-state index is 12.7. The maximum Gasteiger partial charge on any atom is 0.277 e. The largest absolute Gasteiger partial charge is 0.546 e. The molecule has 2 rings (SSSR count). The molecule has 1 N–H and O–H groups in total. The number of nitrogens with zero attached hydrogens (tertiary/aromatic N) is 1. The topological polar surface area (TPSA) is 100 Å². The van der Waals surface area contributed by atoms with Crippen LogP contribution < -0.4 is 20.0 Å². The van der Waals surface area contributed by atoms with Crippen molar-refractivity contribution in [3.05, 3.63) is 59.9 Å². The van der Waals surface area contributed by atoms with E-state index in [0.717, 1.165) is 0 Å². The smallest absolute Gasteiger partial charge is 0.277 e. The van der Waals surface area contributed by atoms with Crippen LogP contribution in [0.2, 0.25) is 0 Å². The zero-order valence-corrected chi connectivity index (χ0v) is 13.0. The third kappa shape index (κ3) is 6.30. The van der Waals surface area contributed by atoms with Crippen molar-refractivity contribution >= 4 is 18.1 Å². The van der Waals surface area contributed by atoms with Gasteiger partial charge in [-0.05, 0) is 36.4 Å². The Kier molecular flexibility index (Phi) is 6.47. The number of amides is 1. The summed E-state index contributed by atoms with van der Waals surface area (Å²) in [6.07, 6.45) is 1.31. The van der Waals surface area contributed by atoms with Crippen molar-refractivity contribution in [1.29, 1.82) is 0 Å². The molecule has 0 aliphatic rings. The molecule has 0 saturated heterocycles. The number of carboxylic acids is 1. The Hall–Kier alpha value is -3.42. The fraction of sp³-hybridized carbons (Fsp3) is 0.118. The molecular weight excluding hydrogens is 331 g/mol. The van der Waals surface area contributed by atoms with E-state index in [9.17, 15) is 19.1 Å². The van der Waals surface area contributed by atoms with Crippen LogP contribution in [0.5, 0.6) is 11.5 Å². The quantitative estimate of drug-likeness (QED) is 0.554. The van der Waals surface area contributed by atoms with Crippen LogP contribution in [0.25, 0.3) is 0 Å². The molecule has 8 heteroatoms. The fourth-order valence-electron chi connectivity index (χ4n) is 1.74. The van der Waals surface area contributed by atoms with E-state index in [1.807, 2.05) is 0 Å². The van der Waals surface area contributed by atoms with Crippen molar-refractivity contribution in [2.45, 2.75) is 0 Å². The summed E-state index contributed by atoms with van der Waals surface area (Å²) in [4.78, 5) is 22.1. The van der Waals surface area contributed by atoms with E-state index in [-0.39, 0.29) is 12.4 Å². The molecule has 0 aliphatic carbocycles. The van der Waals surface area contributed by atoms with Crippen LogP contribution in [0, 0.1) is 5.82 Å². The van der Waals surface area contributed by atoms with E-state index in [0.29, 0.717) is 11.3 Å². The van der Waals surface area contributed by atoms with Crippen LogP contribution in [0.3, 0.4) is 0 Å². The van der Waals surface area contributed by atoms with Gasteiger partial charge >= 0.3 is 0 Å². The molecule has 0 fully saturated rings. The first-order chi connectivity index (χ1) is 12.0. The molecule has 25 heavy (non-hydrogen) atoms. The van der Waals surface area contributed by atoms with E-state index < -0.39 is 24.3 Å². The first-order valence-corrected chi connectivity index (χ1v) is 7.16. The van der Waals surface area contributed by atoms with Gasteiger partial charge in [0, 0.05) is 5.56 Å². The highest BCUT2D eigenvalue weighted by atomic mass is 19.1. The number of hydrogen-bond donors (Lipinski definition) is 1. The van der Waals surface area contributed by atoms with Gasteiger partial charge in [-0.15, -0.1) is 0 Å². The number of benzene rings is 2. The summed E-state index contributed by atoms with van der Waals surface area (Å²) in [5.41, 5.74) is 2.73. The molecule has 2 aromatic carbocycles. The zero-order valence-electron chi connectivity index (χ0n) is 13.0. The average molecular weight is 345 g/mol. The maximum atomic E-state index is 12.7. The minimum absolute atomic E-state index is 0.285. The second kappa shape index (κ2) is 9.02. The summed E-state index contributed by atoms with van der Waals surface area (Å²) in [5, 5.41) is 14.2. The summed E-state index contributed by atoms with van der Waals surface area (Å²) in [7, 11) is 0. The van der Waals surface area contributed by atoms with Gasteiger partial charge in [0.25, 0.3) is 5.91 Å². The molecule has 0 saturated carbocycles. The van der Waals surface area contributed by atoms with E-state index in [2.05, 4.69) is 10.5 Å². The Bertz CT molecular complexity index is 762. The summed E-state index contributed by atoms with van der Waals surface area (Å²) in [6.45, 7) is -0.894. The summed E-state index contributed by atoms with van der Waals surface area (Å²) in [5.74, 6) is -1.64. The van der Waals surface area contributed by atoms with Crippen molar-refractivity contribution in [2.75, 3.05) is 13.2 Å². The third-order valence-electron chi connectivity index (χ3n) is 2.84. The SMILES string of the molecule is O=C([O-])COc1ccccc1/C=N\NC(=O)COc1ccc(F)cc1. The monoisotopic (exact) mass is 345 g/mol. The molecule has 1 amide bonds. The number of hydrazone groups is 1. The number of carboxylic acid groups (broad SMARTS) is 1. The predicted octanol–water partition coefficient (Wildman–Crippen LogP) is 0.483. The number of halogens is 1. The molecule has 0 spiro atoms. The predicted molar refractivity (Wildman–Crippen MR) is 84.6 cm³/mol. The number of carbonyl (C=O) groups excluding carboxylic acids is 2. The molecule has 0 aromatic heterocycles. The van der Waals surface area contributed by atoms with E-state index >= 15 is 0 Å². The molecule has 0 atom stereocenters. The zero-order chi connectivity index (χ0) is 18.1. The number of rotatable bonds is 8. The summed E-state index contributed by atoms with van der Waals surface area (Å²) >= 11 is 0. The van der Waals surface area contributed by atoms with Crippen molar-refractivity contribution in [3.63, 3.8) is 0 Å². The first-order valence-electron chi connectivity index (χ1n) is 7.16. The number of carbonyl (C=O) groups is 2. The summed E-state index contributed by atoms with van der Waals surface area (Å²) in [6, 6.07) is 11.8. The minimum Gasteiger partial charge on any atom is -0.546 e. The summed E-state index contributed by atoms with van der Waals surface area (Å²) < 4.78 is 23.0. The van der Waals surface area contributed by atoms with Crippen molar-refractivity contribution < 1.29 is 28.6 Å². The van der Waals surface area contributed by atoms with Crippen molar-refractivity contribution in [3.8, 4) is 11.5 Å². The molecule has 0 unspecified atom stereocenters. The second-order valence-electron chi connectivity index (χ2n) is 4.73. The standard InChI is InChI=1S/C17H15FN2O5/c18-13-5-7-14(8-6-13)24-10-16(21)20-19-9-12-3-1-2-4-15(12)25-11-17(22)23/h1-9H,10-11H2,(H,20,21)(H,22,23)/p-1/b19-9-. The van der Waals surface area contributed by atoms with Crippen molar-refractivity contribution in [2.24, 2.45) is 5.10 Å². The Balaban J connectivity index is 1.84. The lowest BCUT2D eigenvalue weighted by atomic mass is 10.2. The second-order valence-corrected chi connectivity index (χ2v) is 4.73. The number of aliphatic carboxylic acids is 1. The fourth-order valence-corrected chi connectivity index (χ4v) is 1.74. The van der Waals surface area contributed by atoms with Gasteiger partial charge < -0.3 is 19.4 Å². The van der Waals surface area contributed by atoms with Gasteiger partial charge in [0.1, 0.15) is 23.9 Å². The van der Waals surface area contributed by atoms with Gasteiger partial charge in [-0.2, -0.15) is 5.10 Å². The van der Waals surface area contributed by atoms with Gasteiger partial charge in [-0.3, -0.25) is 4.79 Å². The van der Waals surface area contributed by atoms with E-state index in [4.69, 9.17) is 9.47 Å². The van der Waals surface area contributed by atoms with Gasteiger partial charge in [-0.1, -0.05) is 12.1 Å². The van der Waals surface area contributed by atoms with Gasteiger partial charge in [0.2, 0.25) is 0 Å². The highest BCUT2D eigenvalue weighted by molar-refractivity contribution is 5.85. The van der Waals surface area contributed by atoms with Crippen LogP contribution >= 0.6 is 0 Å². The highest BCUT2D eigenvalue weighted by Crippen LogP contribution is 2.15. The lowest BCUT2D eigenvalue weighted by molar-refractivity contribution is -0.307. The Morgan fingerprint density at radius 1 is 1.08 bits per heavy atom. The molecule has 0 radical (unpaired) electrons. The van der Waals surface area contributed by atoms with Crippen LogP contribution in [-0.2, 0) is 9.59 Å². The van der Waals surface area contributed by atoms with Crippen LogP contribution in [0.1, 0.15) is 5.56 Å². The first kappa shape index (κ1) is 17.9. The number of nitrogens with one attached hydrogen (secondary N) is 1. The molecule has 0 bridgehead atoms. The Labute approximate surface area is 142 Å². The van der Waals surface area contributed by atoms with Crippen LogP contribution in [-0.4, -0.2) is 31.3 Å². The Morgan fingerprint density at radius 3 is 2.52 bits per heavy atom. The van der Waals surface area contributed by atoms with Gasteiger partial charge in [0.15, 0.2) is 6.61 Å². The number of ether oxygens (including phenoxy) is 2. The lowest BCUT2D eigenvalue weighted by Gasteiger charge is -2.09. The normalized spacial score (nSPS) is 10.4. The van der Waals surface area contributed by atoms with Gasteiger partial charge in [-0.25, -0.2) is 9.82 Å². The molecule has 0 aliphatic heterocycles. The minimum atomic E-state index is -1.35. The number of hydrogen-bond acceptors (Lipinski definition) is 6. The lowest BCUT2D eigenvalue weighted by Crippen LogP contribution is -2.29.